The molecule has 0 aromatic heterocycles. The summed E-state index contributed by atoms with van der Waals surface area (Å²) in [5.74, 6) is -0.649. The van der Waals surface area contributed by atoms with Gasteiger partial charge in [-0.15, -0.1) is 0 Å². The minimum absolute atomic E-state index is 0.0944. The van der Waals surface area contributed by atoms with Gasteiger partial charge >= 0.3 is 12.1 Å². The monoisotopic (exact) mass is 295 g/mol. The van der Waals surface area contributed by atoms with Gasteiger partial charge in [0.1, 0.15) is 24.9 Å². The quantitative estimate of drug-likeness (QED) is 0.658. The van der Waals surface area contributed by atoms with Crippen LogP contribution < -0.4 is 5.32 Å². The molecule has 2 rings (SSSR count). The van der Waals surface area contributed by atoms with Crippen molar-refractivity contribution in [3.05, 3.63) is 35.9 Å². The first kappa shape index (κ1) is 15.3. The minimum atomic E-state index is -1.15. The zero-order valence-electron chi connectivity index (χ0n) is 11.3. The van der Waals surface area contributed by atoms with Crippen LogP contribution in [0.3, 0.4) is 0 Å². The van der Waals surface area contributed by atoms with Crippen molar-refractivity contribution in [2.24, 2.45) is 0 Å². The Bertz CT molecular complexity index is 491. The van der Waals surface area contributed by atoms with Crippen molar-refractivity contribution in [3.63, 3.8) is 0 Å². The summed E-state index contributed by atoms with van der Waals surface area (Å²) in [6.45, 7) is -0.416. The molecule has 1 amide bonds. The SMILES string of the molecule is O=C(NC1CC(C(O)CO)OC1=O)OCc1ccccc1. The maximum atomic E-state index is 11.6. The third kappa shape index (κ3) is 4.17. The molecule has 0 bridgehead atoms. The lowest BCUT2D eigenvalue weighted by atomic mass is 10.1. The third-order valence-corrected chi connectivity index (χ3v) is 3.14. The first-order valence-corrected chi connectivity index (χ1v) is 6.56. The second-order valence-corrected chi connectivity index (χ2v) is 4.72. The molecule has 3 unspecified atom stereocenters. The number of hydrogen-bond acceptors (Lipinski definition) is 6. The van der Waals surface area contributed by atoms with Gasteiger partial charge in [-0.1, -0.05) is 30.3 Å². The highest BCUT2D eigenvalue weighted by Gasteiger charge is 2.39. The molecule has 0 saturated carbocycles. The third-order valence-electron chi connectivity index (χ3n) is 3.14. The summed E-state index contributed by atoms with van der Waals surface area (Å²) in [5.41, 5.74) is 0.829. The molecule has 7 nitrogen and oxygen atoms in total. The van der Waals surface area contributed by atoms with E-state index in [1.807, 2.05) is 30.3 Å². The van der Waals surface area contributed by atoms with Crippen molar-refractivity contribution in [1.82, 2.24) is 5.32 Å². The molecule has 0 aliphatic carbocycles. The van der Waals surface area contributed by atoms with Crippen LogP contribution in [0, 0.1) is 0 Å². The Kier molecular flexibility index (Phi) is 5.13. The van der Waals surface area contributed by atoms with Gasteiger partial charge in [0, 0.05) is 6.42 Å². The van der Waals surface area contributed by atoms with Gasteiger partial charge in [-0.3, -0.25) is 0 Å². The summed E-state index contributed by atoms with van der Waals surface area (Å²) in [7, 11) is 0. The number of cyclic esters (lactones) is 1. The Morgan fingerprint density at radius 2 is 2.14 bits per heavy atom. The molecule has 1 saturated heterocycles. The van der Waals surface area contributed by atoms with Gasteiger partial charge in [-0.25, -0.2) is 9.59 Å². The lowest BCUT2D eigenvalue weighted by molar-refractivity contribution is -0.147. The molecule has 3 atom stereocenters. The average Bonchev–Trinajstić information content (AvgIpc) is 2.86. The van der Waals surface area contributed by atoms with E-state index in [1.54, 1.807) is 0 Å². The Balaban J connectivity index is 1.79. The Hall–Kier alpha value is -2.12. The van der Waals surface area contributed by atoms with E-state index in [-0.39, 0.29) is 13.0 Å². The van der Waals surface area contributed by atoms with Crippen molar-refractivity contribution < 1.29 is 29.3 Å². The lowest BCUT2D eigenvalue weighted by Gasteiger charge is -2.13. The largest absolute Gasteiger partial charge is 0.458 e. The molecule has 1 heterocycles. The molecule has 1 aliphatic rings. The molecule has 1 aliphatic heterocycles. The van der Waals surface area contributed by atoms with Crippen molar-refractivity contribution in [2.45, 2.75) is 31.3 Å². The number of alkyl carbamates (subject to hydrolysis) is 1. The molecular weight excluding hydrogens is 278 g/mol. The van der Waals surface area contributed by atoms with Crippen molar-refractivity contribution in [2.75, 3.05) is 6.61 Å². The number of ether oxygens (including phenoxy) is 2. The summed E-state index contributed by atoms with van der Waals surface area (Å²) < 4.78 is 9.86. The summed E-state index contributed by atoms with van der Waals surface area (Å²) in [5, 5.41) is 20.6. The van der Waals surface area contributed by atoms with Crippen LogP contribution in [0.1, 0.15) is 12.0 Å². The maximum absolute atomic E-state index is 11.6. The first-order chi connectivity index (χ1) is 10.1. The summed E-state index contributed by atoms with van der Waals surface area (Å²) >= 11 is 0. The Morgan fingerprint density at radius 1 is 1.43 bits per heavy atom. The van der Waals surface area contributed by atoms with Gasteiger partial charge in [-0.05, 0) is 5.56 Å². The smallest absolute Gasteiger partial charge is 0.408 e. The second-order valence-electron chi connectivity index (χ2n) is 4.72. The Morgan fingerprint density at radius 3 is 2.81 bits per heavy atom. The predicted octanol–water partition coefficient (Wildman–Crippen LogP) is -0.0499. The molecule has 3 N–H and O–H groups in total. The van der Waals surface area contributed by atoms with Gasteiger partial charge in [0.25, 0.3) is 0 Å². The highest BCUT2D eigenvalue weighted by atomic mass is 16.6. The molecule has 1 aromatic carbocycles. The van der Waals surface area contributed by atoms with E-state index in [9.17, 15) is 14.7 Å². The Labute approximate surface area is 121 Å². The van der Waals surface area contributed by atoms with E-state index in [0.717, 1.165) is 5.56 Å². The van der Waals surface area contributed by atoms with Crippen LogP contribution in [0.4, 0.5) is 4.79 Å². The van der Waals surface area contributed by atoms with E-state index in [4.69, 9.17) is 14.6 Å². The first-order valence-electron chi connectivity index (χ1n) is 6.56. The van der Waals surface area contributed by atoms with Crippen LogP contribution in [0.15, 0.2) is 30.3 Å². The van der Waals surface area contributed by atoms with Gasteiger partial charge in [0.05, 0.1) is 6.61 Å². The fraction of sp³-hybridized carbons (Fsp3) is 0.429. The van der Waals surface area contributed by atoms with Crippen LogP contribution >= 0.6 is 0 Å². The standard InChI is InChI=1S/C14H17NO6/c16-7-11(17)12-6-10(13(18)21-12)15-14(19)20-8-9-4-2-1-3-5-9/h1-5,10-12,16-17H,6-8H2,(H,15,19). The number of esters is 1. The number of hydrogen-bond donors (Lipinski definition) is 3. The number of aliphatic hydroxyl groups is 2. The van der Waals surface area contributed by atoms with Gasteiger partial charge < -0.3 is 25.0 Å². The van der Waals surface area contributed by atoms with Crippen molar-refractivity contribution in [3.8, 4) is 0 Å². The second kappa shape index (κ2) is 7.05. The van der Waals surface area contributed by atoms with E-state index in [0.29, 0.717) is 0 Å². The highest BCUT2D eigenvalue weighted by Crippen LogP contribution is 2.18. The molecular formula is C14H17NO6. The zero-order chi connectivity index (χ0) is 15.2. The van der Waals surface area contributed by atoms with E-state index in [2.05, 4.69) is 5.32 Å². The molecule has 0 spiro atoms. The number of amides is 1. The number of aliphatic hydroxyl groups excluding tert-OH is 2. The molecule has 0 radical (unpaired) electrons. The van der Waals surface area contributed by atoms with Gasteiger partial charge in [0.15, 0.2) is 0 Å². The maximum Gasteiger partial charge on any atom is 0.408 e. The molecule has 7 heteroatoms. The number of carbonyl (C=O) groups excluding carboxylic acids is 2. The molecule has 1 fully saturated rings. The van der Waals surface area contributed by atoms with Gasteiger partial charge in [-0.2, -0.15) is 0 Å². The number of nitrogens with one attached hydrogen (secondary N) is 1. The topological polar surface area (TPSA) is 105 Å². The molecule has 21 heavy (non-hydrogen) atoms. The van der Waals surface area contributed by atoms with E-state index >= 15 is 0 Å². The molecule has 1 aromatic rings. The molecule has 114 valence electrons. The van der Waals surface area contributed by atoms with E-state index in [1.165, 1.54) is 0 Å². The average molecular weight is 295 g/mol. The van der Waals surface area contributed by atoms with Crippen molar-refractivity contribution in [1.29, 1.82) is 0 Å². The number of rotatable bonds is 5. The number of carbonyl (C=O) groups is 2. The predicted molar refractivity (Wildman–Crippen MR) is 71.1 cm³/mol. The highest BCUT2D eigenvalue weighted by molar-refractivity contribution is 5.83. The summed E-state index contributed by atoms with van der Waals surface area (Å²) in [6, 6.07) is 8.25. The van der Waals surface area contributed by atoms with Crippen LogP contribution in [0.2, 0.25) is 0 Å². The number of benzene rings is 1. The van der Waals surface area contributed by atoms with Crippen LogP contribution in [-0.4, -0.2) is 47.1 Å². The minimum Gasteiger partial charge on any atom is -0.458 e. The zero-order valence-corrected chi connectivity index (χ0v) is 11.3. The summed E-state index contributed by atoms with van der Waals surface area (Å²) in [6.07, 6.45) is -2.61. The van der Waals surface area contributed by atoms with Crippen LogP contribution in [-0.2, 0) is 20.9 Å². The van der Waals surface area contributed by atoms with E-state index < -0.39 is 36.9 Å². The fourth-order valence-electron chi connectivity index (χ4n) is 1.99. The normalized spacial score (nSPS) is 22.5. The summed E-state index contributed by atoms with van der Waals surface area (Å²) in [4.78, 5) is 23.1. The van der Waals surface area contributed by atoms with Gasteiger partial charge in [0.2, 0.25) is 0 Å². The fourth-order valence-corrected chi connectivity index (χ4v) is 1.99. The van der Waals surface area contributed by atoms with Crippen LogP contribution in [0.5, 0.6) is 0 Å². The van der Waals surface area contributed by atoms with Crippen molar-refractivity contribution >= 4 is 12.1 Å². The lowest BCUT2D eigenvalue weighted by Crippen LogP contribution is -2.38. The van der Waals surface area contributed by atoms with Crippen LogP contribution in [0.25, 0.3) is 0 Å².